The van der Waals surface area contributed by atoms with E-state index >= 15 is 0 Å². The van der Waals surface area contributed by atoms with Crippen LogP contribution < -0.4 is 16.6 Å². The predicted octanol–water partition coefficient (Wildman–Crippen LogP) is 1.18. The molecule has 0 atom stereocenters. The minimum absolute atomic E-state index is 0.0423. The Balaban J connectivity index is 1.96. The third-order valence-corrected chi connectivity index (χ3v) is 4.59. The maximum atomic E-state index is 13.2. The highest BCUT2D eigenvalue weighted by Gasteiger charge is 2.30. The fraction of sp³-hybridized carbons (Fsp3) is 0.421. The Morgan fingerprint density at radius 3 is 2.62 bits per heavy atom. The van der Waals surface area contributed by atoms with Gasteiger partial charge < -0.3 is 16.2 Å². The lowest BCUT2D eigenvalue weighted by Gasteiger charge is -2.21. The molecule has 1 fully saturated rings. The molecule has 3 aromatic heterocycles. The maximum absolute atomic E-state index is 13.2. The first-order valence-corrected chi connectivity index (χ1v) is 9.39. The van der Waals surface area contributed by atoms with Gasteiger partial charge in [0.1, 0.15) is 17.0 Å². The third-order valence-electron chi connectivity index (χ3n) is 4.59. The second-order valence-electron chi connectivity index (χ2n) is 8.49. The molecule has 0 aromatic carbocycles. The first kappa shape index (κ1) is 18.9. The van der Waals surface area contributed by atoms with Gasteiger partial charge in [0.25, 0.3) is 11.5 Å². The zero-order valence-electron chi connectivity index (χ0n) is 16.5. The fourth-order valence-electron chi connectivity index (χ4n) is 3.13. The lowest BCUT2D eigenvalue weighted by atomic mass is 9.97. The minimum Gasteiger partial charge on any atom is -0.492 e. The van der Waals surface area contributed by atoms with Crippen LogP contribution in [-0.4, -0.2) is 41.2 Å². The van der Waals surface area contributed by atoms with E-state index in [-0.39, 0.29) is 22.8 Å². The molecular formula is C19H23N7O3. The number of fused-ring (bicyclic) bond motifs is 1. The second-order valence-corrected chi connectivity index (χ2v) is 8.49. The molecule has 0 spiro atoms. The van der Waals surface area contributed by atoms with Crippen molar-refractivity contribution in [3.63, 3.8) is 0 Å². The Morgan fingerprint density at radius 1 is 1.31 bits per heavy atom. The molecule has 10 nitrogen and oxygen atoms in total. The van der Waals surface area contributed by atoms with Crippen molar-refractivity contribution in [2.24, 2.45) is 5.41 Å². The summed E-state index contributed by atoms with van der Waals surface area (Å²) < 4.78 is 2.63. The van der Waals surface area contributed by atoms with Crippen LogP contribution in [0.4, 0.5) is 5.82 Å². The van der Waals surface area contributed by atoms with Gasteiger partial charge in [0, 0.05) is 31.0 Å². The van der Waals surface area contributed by atoms with Crippen molar-refractivity contribution in [1.29, 1.82) is 0 Å². The Hall–Kier alpha value is -3.43. The second kappa shape index (κ2) is 6.57. The number of nitrogens with one attached hydrogen (secondary N) is 1. The van der Waals surface area contributed by atoms with E-state index in [9.17, 15) is 14.7 Å². The summed E-state index contributed by atoms with van der Waals surface area (Å²) in [4.78, 5) is 34.0. The minimum atomic E-state index is -0.601. The van der Waals surface area contributed by atoms with Gasteiger partial charge >= 0.3 is 0 Å². The summed E-state index contributed by atoms with van der Waals surface area (Å²) in [5, 5.41) is 17.9. The molecule has 152 valence electrons. The van der Waals surface area contributed by atoms with Crippen molar-refractivity contribution in [2.75, 3.05) is 5.73 Å². The molecule has 1 aliphatic carbocycles. The first-order chi connectivity index (χ1) is 13.7. The highest BCUT2D eigenvalue weighted by Crippen LogP contribution is 2.27. The van der Waals surface area contributed by atoms with Crippen LogP contribution in [0.15, 0.2) is 23.3 Å². The molecule has 0 unspecified atom stereocenters. The van der Waals surface area contributed by atoms with Crippen molar-refractivity contribution >= 4 is 17.4 Å². The van der Waals surface area contributed by atoms with Crippen molar-refractivity contribution in [3.8, 4) is 17.3 Å². The predicted molar refractivity (Wildman–Crippen MR) is 106 cm³/mol. The number of hydrogen-bond donors (Lipinski definition) is 3. The van der Waals surface area contributed by atoms with E-state index in [4.69, 9.17) is 5.73 Å². The van der Waals surface area contributed by atoms with Crippen LogP contribution >= 0.6 is 0 Å². The van der Waals surface area contributed by atoms with Crippen LogP contribution in [0.5, 0.6) is 5.88 Å². The van der Waals surface area contributed by atoms with Crippen LogP contribution in [0.3, 0.4) is 0 Å². The highest BCUT2D eigenvalue weighted by atomic mass is 16.3. The van der Waals surface area contributed by atoms with Gasteiger partial charge in [-0.2, -0.15) is 9.61 Å². The van der Waals surface area contributed by atoms with Gasteiger partial charge in [-0.25, -0.2) is 9.97 Å². The number of nitrogen functional groups attached to an aromatic ring is 1. The number of nitrogens with zero attached hydrogens (tertiary/aromatic N) is 5. The van der Waals surface area contributed by atoms with Crippen LogP contribution in [0.2, 0.25) is 0 Å². The van der Waals surface area contributed by atoms with E-state index in [1.165, 1.54) is 21.5 Å². The van der Waals surface area contributed by atoms with E-state index in [0.29, 0.717) is 23.6 Å². The number of rotatable bonds is 4. The number of carbonyl (C=O) groups excluding carboxylic acids is 1. The molecule has 4 rings (SSSR count). The average Bonchev–Trinajstić information content (AvgIpc) is 3.33. The quantitative estimate of drug-likeness (QED) is 0.600. The van der Waals surface area contributed by atoms with E-state index in [1.54, 1.807) is 6.07 Å². The SMILES string of the molecule is CC(C)(C)Cn1c(=O)c(C(=O)NC2CC2)c(O)n2nc(-c3nccnc3N)cc12. The molecule has 29 heavy (non-hydrogen) atoms. The van der Waals surface area contributed by atoms with Gasteiger partial charge in [-0.05, 0) is 18.3 Å². The standard InChI is InChI=1S/C19H23N7O3/c1-19(2,3)9-25-12-8-11(14-15(20)22-7-6-21-14)24-26(12)18(29)13(17(25)28)16(27)23-10-4-5-10/h6-8,10,29H,4-5,9H2,1-3H3,(H2,20,22)(H,23,27). The van der Waals surface area contributed by atoms with Gasteiger partial charge in [0.2, 0.25) is 5.88 Å². The molecule has 10 heteroatoms. The van der Waals surface area contributed by atoms with Gasteiger partial charge in [0.15, 0.2) is 11.4 Å². The molecule has 3 heterocycles. The Kier molecular flexibility index (Phi) is 4.29. The largest absolute Gasteiger partial charge is 0.492 e. The molecular weight excluding hydrogens is 374 g/mol. The highest BCUT2D eigenvalue weighted by molar-refractivity contribution is 5.96. The van der Waals surface area contributed by atoms with Crippen LogP contribution in [0.25, 0.3) is 17.0 Å². The van der Waals surface area contributed by atoms with E-state index < -0.39 is 17.3 Å². The number of anilines is 1. The number of aromatic nitrogens is 5. The summed E-state index contributed by atoms with van der Waals surface area (Å²) in [6.07, 6.45) is 4.67. The Bertz CT molecular complexity index is 1170. The molecule has 3 aromatic rings. The summed E-state index contributed by atoms with van der Waals surface area (Å²) in [5.41, 5.74) is 5.76. The molecule has 1 amide bonds. The summed E-state index contributed by atoms with van der Waals surface area (Å²) in [7, 11) is 0. The zero-order valence-corrected chi connectivity index (χ0v) is 16.5. The number of aromatic hydroxyl groups is 1. The lowest BCUT2D eigenvalue weighted by Crippen LogP contribution is -2.37. The van der Waals surface area contributed by atoms with Gasteiger partial charge in [-0.1, -0.05) is 20.8 Å². The monoisotopic (exact) mass is 397 g/mol. The Labute approximate surface area is 166 Å². The topological polar surface area (TPSA) is 140 Å². The normalized spacial score (nSPS) is 14.3. The molecule has 0 bridgehead atoms. The lowest BCUT2D eigenvalue weighted by molar-refractivity contribution is 0.0944. The molecule has 0 radical (unpaired) electrons. The summed E-state index contributed by atoms with van der Waals surface area (Å²) in [6, 6.07) is 1.65. The maximum Gasteiger partial charge on any atom is 0.270 e. The first-order valence-electron chi connectivity index (χ1n) is 9.39. The number of amides is 1. The molecule has 0 saturated heterocycles. The van der Waals surface area contributed by atoms with Gasteiger partial charge in [-0.15, -0.1) is 0 Å². The fourth-order valence-corrected chi connectivity index (χ4v) is 3.13. The van der Waals surface area contributed by atoms with E-state index in [2.05, 4.69) is 20.4 Å². The third kappa shape index (κ3) is 3.53. The van der Waals surface area contributed by atoms with Crippen molar-refractivity contribution in [2.45, 2.75) is 46.2 Å². The van der Waals surface area contributed by atoms with Gasteiger partial charge in [0.05, 0.1) is 0 Å². The van der Waals surface area contributed by atoms with Crippen LogP contribution in [0.1, 0.15) is 44.0 Å². The van der Waals surface area contributed by atoms with E-state index in [1.807, 2.05) is 20.8 Å². The van der Waals surface area contributed by atoms with E-state index in [0.717, 1.165) is 12.8 Å². The molecule has 1 saturated carbocycles. The number of nitrogens with two attached hydrogens (primary N) is 1. The van der Waals surface area contributed by atoms with Crippen LogP contribution in [0, 0.1) is 5.41 Å². The summed E-state index contributed by atoms with van der Waals surface area (Å²) in [5.74, 6) is -0.940. The molecule has 0 aliphatic heterocycles. The summed E-state index contributed by atoms with van der Waals surface area (Å²) in [6.45, 7) is 6.25. The van der Waals surface area contributed by atoms with Crippen molar-refractivity contribution < 1.29 is 9.90 Å². The smallest absolute Gasteiger partial charge is 0.270 e. The van der Waals surface area contributed by atoms with Crippen molar-refractivity contribution in [1.82, 2.24) is 29.5 Å². The number of carbonyl (C=O) groups is 1. The average molecular weight is 397 g/mol. The van der Waals surface area contributed by atoms with Crippen LogP contribution in [-0.2, 0) is 6.54 Å². The molecule has 4 N–H and O–H groups in total. The molecule has 1 aliphatic rings. The summed E-state index contributed by atoms with van der Waals surface area (Å²) >= 11 is 0. The zero-order chi connectivity index (χ0) is 20.9. The Morgan fingerprint density at radius 2 is 2.00 bits per heavy atom. The number of hydrogen-bond acceptors (Lipinski definition) is 7. The van der Waals surface area contributed by atoms with Gasteiger partial charge in [-0.3, -0.25) is 14.2 Å². The van der Waals surface area contributed by atoms with Crippen molar-refractivity contribution in [3.05, 3.63) is 34.4 Å².